The number of carboxylic acids is 1. The van der Waals surface area contributed by atoms with Crippen molar-refractivity contribution < 1.29 is 14.7 Å². The number of rotatable bonds is 4. The molecule has 3 atom stereocenters. The van der Waals surface area contributed by atoms with Gasteiger partial charge in [-0.25, -0.2) is 0 Å². The van der Waals surface area contributed by atoms with Crippen molar-refractivity contribution in [3.05, 3.63) is 0 Å². The van der Waals surface area contributed by atoms with Crippen molar-refractivity contribution in [3.63, 3.8) is 0 Å². The number of carbonyl (C=O) groups excluding carboxylic acids is 1. The van der Waals surface area contributed by atoms with Gasteiger partial charge < -0.3 is 15.3 Å². The number of carbonyl (C=O) groups is 2. The molecule has 1 saturated heterocycles. The molecule has 2 N–H and O–H groups in total. The Morgan fingerprint density at radius 2 is 1.71 bits per heavy atom. The van der Waals surface area contributed by atoms with Gasteiger partial charge >= 0.3 is 5.97 Å². The molecule has 0 aromatic rings. The maximum Gasteiger partial charge on any atom is 0.307 e. The van der Waals surface area contributed by atoms with Crippen molar-refractivity contribution in [2.24, 2.45) is 17.8 Å². The Kier molecular flexibility index (Phi) is 5.25. The van der Waals surface area contributed by atoms with E-state index in [1.54, 1.807) is 0 Å². The lowest BCUT2D eigenvalue weighted by molar-refractivity contribution is -0.146. The van der Waals surface area contributed by atoms with Crippen LogP contribution in [0.4, 0.5) is 0 Å². The molecule has 1 amide bonds. The van der Waals surface area contributed by atoms with Gasteiger partial charge in [-0.1, -0.05) is 6.92 Å². The molecule has 1 aliphatic heterocycles. The molecule has 1 saturated carbocycles. The average molecular weight is 296 g/mol. The predicted octanol–water partition coefficient (Wildman–Crippen LogP) is 1.72. The lowest BCUT2D eigenvalue weighted by Crippen LogP contribution is -2.48. The molecule has 0 bridgehead atoms. The minimum atomic E-state index is -0.825. The van der Waals surface area contributed by atoms with Crippen LogP contribution in [-0.4, -0.2) is 47.1 Å². The molecule has 1 heterocycles. The van der Waals surface area contributed by atoms with Crippen molar-refractivity contribution in [2.45, 2.75) is 58.5 Å². The zero-order valence-corrected chi connectivity index (χ0v) is 13.3. The summed E-state index contributed by atoms with van der Waals surface area (Å²) in [4.78, 5) is 26.1. The molecule has 120 valence electrons. The maximum atomic E-state index is 12.4. The van der Waals surface area contributed by atoms with Crippen LogP contribution in [0.1, 0.15) is 46.5 Å². The van der Waals surface area contributed by atoms with Crippen molar-refractivity contribution in [2.75, 3.05) is 13.1 Å². The predicted molar refractivity (Wildman–Crippen MR) is 80.9 cm³/mol. The average Bonchev–Trinajstić information content (AvgIpc) is 2.82. The van der Waals surface area contributed by atoms with Gasteiger partial charge in [0.25, 0.3) is 0 Å². The normalized spacial score (nSPS) is 31.5. The second-order valence-electron chi connectivity index (χ2n) is 7.04. The summed E-state index contributed by atoms with van der Waals surface area (Å²) in [7, 11) is 0. The van der Waals surface area contributed by atoms with E-state index in [-0.39, 0.29) is 17.9 Å². The van der Waals surface area contributed by atoms with Gasteiger partial charge in [0.1, 0.15) is 0 Å². The number of nitrogens with one attached hydrogen (secondary N) is 1. The number of piperidine rings is 1. The first-order valence-corrected chi connectivity index (χ1v) is 8.15. The minimum absolute atomic E-state index is 0.0465. The third kappa shape index (κ3) is 3.96. The monoisotopic (exact) mass is 296 g/mol. The quantitative estimate of drug-likeness (QED) is 0.829. The molecule has 0 radical (unpaired) electrons. The molecule has 2 rings (SSSR count). The first-order chi connectivity index (χ1) is 9.88. The Morgan fingerprint density at radius 1 is 1.14 bits per heavy atom. The van der Waals surface area contributed by atoms with Crippen molar-refractivity contribution >= 4 is 11.9 Å². The molecule has 5 heteroatoms. The van der Waals surface area contributed by atoms with E-state index in [0.29, 0.717) is 24.8 Å². The van der Waals surface area contributed by atoms with Gasteiger partial charge in [0, 0.05) is 25.2 Å². The number of aliphatic carboxylic acids is 1. The molecule has 1 unspecified atom stereocenters. The molecule has 5 nitrogen and oxygen atoms in total. The van der Waals surface area contributed by atoms with Crippen LogP contribution < -0.4 is 5.32 Å². The molecule has 0 aromatic carbocycles. The molecule has 2 aliphatic rings. The largest absolute Gasteiger partial charge is 0.481 e. The summed E-state index contributed by atoms with van der Waals surface area (Å²) < 4.78 is 0. The maximum absolute atomic E-state index is 12.4. The lowest BCUT2D eigenvalue weighted by Gasteiger charge is -2.35. The van der Waals surface area contributed by atoms with Gasteiger partial charge in [-0.3, -0.25) is 9.59 Å². The molecule has 21 heavy (non-hydrogen) atoms. The fourth-order valence-electron chi connectivity index (χ4n) is 3.72. The van der Waals surface area contributed by atoms with Gasteiger partial charge in [-0.15, -0.1) is 0 Å². The fourth-order valence-corrected chi connectivity index (χ4v) is 3.72. The zero-order chi connectivity index (χ0) is 15.6. The van der Waals surface area contributed by atoms with E-state index in [1.165, 1.54) is 0 Å². The molecular formula is C16H28N2O3. The van der Waals surface area contributed by atoms with E-state index in [1.807, 2.05) is 6.92 Å². The van der Waals surface area contributed by atoms with Gasteiger partial charge in [-0.05, 0) is 45.4 Å². The van der Waals surface area contributed by atoms with E-state index in [9.17, 15) is 14.7 Å². The second kappa shape index (κ2) is 6.77. The van der Waals surface area contributed by atoms with Crippen LogP contribution in [0.25, 0.3) is 0 Å². The van der Waals surface area contributed by atoms with E-state index in [0.717, 1.165) is 25.9 Å². The topological polar surface area (TPSA) is 69.6 Å². The van der Waals surface area contributed by atoms with Crippen LogP contribution in [0.3, 0.4) is 0 Å². The Morgan fingerprint density at radius 3 is 2.24 bits per heavy atom. The number of carboxylic acid groups (broad SMARTS) is 1. The van der Waals surface area contributed by atoms with E-state index >= 15 is 0 Å². The molecule has 1 aliphatic carbocycles. The summed E-state index contributed by atoms with van der Waals surface area (Å²) in [5.41, 5.74) is 0. The number of hydrogen-bond acceptors (Lipinski definition) is 3. The summed E-state index contributed by atoms with van der Waals surface area (Å²) in [5.74, 6) is -1.40. The van der Waals surface area contributed by atoms with Crippen LogP contribution in [-0.2, 0) is 9.59 Å². The summed E-state index contributed by atoms with van der Waals surface area (Å²) >= 11 is 0. The summed E-state index contributed by atoms with van der Waals surface area (Å²) in [6, 6.07) is 0.756. The Hall–Kier alpha value is -1.10. The number of hydrogen-bond donors (Lipinski definition) is 2. The summed E-state index contributed by atoms with van der Waals surface area (Å²) in [5, 5.41) is 12.4. The molecule has 2 fully saturated rings. The zero-order valence-electron chi connectivity index (χ0n) is 13.3. The minimum Gasteiger partial charge on any atom is -0.481 e. The highest BCUT2D eigenvalue weighted by Crippen LogP contribution is 2.36. The first kappa shape index (κ1) is 16.3. The third-order valence-electron chi connectivity index (χ3n) is 5.06. The van der Waals surface area contributed by atoms with Gasteiger partial charge in [-0.2, -0.15) is 0 Å². The van der Waals surface area contributed by atoms with Crippen LogP contribution >= 0.6 is 0 Å². The van der Waals surface area contributed by atoms with Gasteiger partial charge in [0.05, 0.1) is 11.8 Å². The number of amides is 1. The fraction of sp³-hybridized carbons (Fsp3) is 0.875. The molecule has 0 spiro atoms. The standard InChI is InChI=1S/C16H28N2O3/c1-10(2)18-6-4-12(5-7-18)17-15(19)13-8-11(3)9-14(13)16(20)21/h10-14H,4-9H2,1-3H3,(H,17,19)(H,20,21)/t11?,13-,14+/m0/s1. The smallest absolute Gasteiger partial charge is 0.307 e. The lowest BCUT2D eigenvalue weighted by atomic mass is 9.94. The Labute approximate surface area is 127 Å². The van der Waals surface area contributed by atoms with Crippen LogP contribution in [0.5, 0.6) is 0 Å². The van der Waals surface area contributed by atoms with Crippen molar-refractivity contribution in [1.82, 2.24) is 10.2 Å². The highest BCUT2D eigenvalue weighted by atomic mass is 16.4. The van der Waals surface area contributed by atoms with Crippen molar-refractivity contribution in [1.29, 1.82) is 0 Å². The first-order valence-electron chi connectivity index (χ1n) is 8.15. The number of nitrogens with zero attached hydrogens (tertiary/aromatic N) is 1. The van der Waals surface area contributed by atoms with Crippen LogP contribution in [0, 0.1) is 17.8 Å². The van der Waals surface area contributed by atoms with Crippen LogP contribution in [0.15, 0.2) is 0 Å². The Bertz CT molecular complexity index is 389. The molecule has 0 aromatic heterocycles. The van der Waals surface area contributed by atoms with Gasteiger partial charge in [0.2, 0.25) is 5.91 Å². The van der Waals surface area contributed by atoms with Gasteiger partial charge in [0.15, 0.2) is 0 Å². The van der Waals surface area contributed by atoms with E-state index in [4.69, 9.17) is 0 Å². The van der Waals surface area contributed by atoms with E-state index < -0.39 is 11.9 Å². The highest BCUT2D eigenvalue weighted by molar-refractivity contribution is 5.85. The Balaban J connectivity index is 1.86. The van der Waals surface area contributed by atoms with E-state index in [2.05, 4.69) is 24.1 Å². The van der Waals surface area contributed by atoms with Crippen LogP contribution in [0.2, 0.25) is 0 Å². The van der Waals surface area contributed by atoms with Crippen molar-refractivity contribution in [3.8, 4) is 0 Å². The SMILES string of the molecule is CC1C[C@H](C(=O)NC2CCN(C(C)C)CC2)[C@H](C(=O)O)C1. The molecular weight excluding hydrogens is 268 g/mol. The third-order valence-corrected chi connectivity index (χ3v) is 5.06. The summed E-state index contributed by atoms with van der Waals surface area (Å²) in [6.07, 6.45) is 3.25. The second-order valence-corrected chi connectivity index (χ2v) is 7.04. The highest BCUT2D eigenvalue weighted by Gasteiger charge is 2.41. The summed E-state index contributed by atoms with van der Waals surface area (Å²) in [6.45, 7) is 8.43. The number of likely N-dealkylation sites (tertiary alicyclic amines) is 1.